The summed E-state index contributed by atoms with van der Waals surface area (Å²) in [4.78, 5) is 38.1. The molecule has 0 aliphatic carbocycles. The van der Waals surface area contributed by atoms with E-state index in [2.05, 4.69) is 93.7 Å². The van der Waals surface area contributed by atoms with E-state index in [-0.39, 0.29) is 31.1 Å². The van der Waals surface area contributed by atoms with Crippen molar-refractivity contribution in [1.82, 2.24) is 0 Å². The van der Waals surface area contributed by atoms with Gasteiger partial charge in [0.25, 0.3) is 0 Å². The van der Waals surface area contributed by atoms with Gasteiger partial charge in [-0.3, -0.25) is 14.4 Å². The lowest BCUT2D eigenvalue weighted by molar-refractivity contribution is -0.167. The van der Waals surface area contributed by atoms with Gasteiger partial charge in [-0.1, -0.05) is 306 Å². The second-order valence-electron chi connectivity index (χ2n) is 21.3. The summed E-state index contributed by atoms with van der Waals surface area (Å²) in [5, 5.41) is 0. The molecule has 0 N–H and O–H groups in total. The van der Waals surface area contributed by atoms with Gasteiger partial charge in [-0.15, -0.1) is 0 Å². The van der Waals surface area contributed by atoms with Crippen LogP contribution >= 0.6 is 0 Å². The molecule has 0 heterocycles. The van der Waals surface area contributed by atoms with Gasteiger partial charge in [-0.2, -0.15) is 0 Å². The van der Waals surface area contributed by atoms with Crippen LogP contribution < -0.4 is 0 Å². The molecular weight excluding hydrogens is 913 g/mol. The van der Waals surface area contributed by atoms with Gasteiger partial charge in [-0.05, 0) is 70.6 Å². The first-order valence-corrected chi connectivity index (χ1v) is 31.9. The first-order chi connectivity index (χ1) is 36.5. The minimum atomic E-state index is -0.775. The Bertz CT molecular complexity index is 1370. The van der Waals surface area contributed by atoms with Crippen molar-refractivity contribution in [3.63, 3.8) is 0 Å². The molecule has 6 heteroatoms. The van der Waals surface area contributed by atoms with E-state index in [1.165, 1.54) is 180 Å². The van der Waals surface area contributed by atoms with Crippen LogP contribution in [0.4, 0.5) is 0 Å². The molecule has 0 rings (SSSR count). The first kappa shape index (κ1) is 70.8. The average molecular weight is 1030 g/mol. The van der Waals surface area contributed by atoms with Crippen LogP contribution in [0.15, 0.2) is 72.9 Å². The number of carbonyl (C=O) groups is 3. The maximum atomic E-state index is 12.9. The first-order valence-electron chi connectivity index (χ1n) is 31.9. The van der Waals surface area contributed by atoms with E-state index in [1.54, 1.807) is 0 Å². The van der Waals surface area contributed by atoms with E-state index in [9.17, 15) is 14.4 Å². The molecule has 1 atom stereocenters. The fourth-order valence-electron chi connectivity index (χ4n) is 9.21. The number of carbonyl (C=O) groups excluding carboxylic acids is 3. The van der Waals surface area contributed by atoms with E-state index in [4.69, 9.17) is 14.2 Å². The average Bonchev–Trinajstić information content (AvgIpc) is 3.40. The Morgan fingerprint density at radius 3 is 0.824 bits per heavy atom. The molecule has 428 valence electrons. The van der Waals surface area contributed by atoms with Gasteiger partial charge in [0.15, 0.2) is 6.10 Å². The number of allylic oxidation sites excluding steroid dienone is 12. The van der Waals surface area contributed by atoms with Crippen LogP contribution in [-0.2, 0) is 28.6 Å². The van der Waals surface area contributed by atoms with E-state index in [0.29, 0.717) is 19.3 Å². The van der Waals surface area contributed by atoms with Gasteiger partial charge in [0, 0.05) is 19.3 Å². The van der Waals surface area contributed by atoms with Crippen molar-refractivity contribution in [2.45, 2.75) is 329 Å². The van der Waals surface area contributed by atoms with Crippen molar-refractivity contribution in [3.05, 3.63) is 72.9 Å². The predicted molar refractivity (Wildman–Crippen MR) is 321 cm³/mol. The third kappa shape index (κ3) is 59.7. The molecule has 6 nitrogen and oxygen atoms in total. The maximum absolute atomic E-state index is 12.9. The lowest BCUT2D eigenvalue weighted by Crippen LogP contribution is -2.30. The quantitative estimate of drug-likeness (QED) is 0.0261. The summed E-state index contributed by atoms with van der Waals surface area (Å²) in [5.41, 5.74) is 0. The summed E-state index contributed by atoms with van der Waals surface area (Å²) >= 11 is 0. The number of unbranched alkanes of at least 4 members (excludes halogenated alkanes) is 35. The Balaban J connectivity index is 4.18. The number of esters is 3. The van der Waals surface area contributed by atoms with Crippen LogP contribution in [0.5, 0.6) is 0 Å². The molecule has 0 saturated carbocycles. The monoisotopic (exact) mass is 1030 g/mol. The minimum Gasteiger partial charge on any atom is -0.462 e. The number of ether oxygens (including phenoxy) is 3. The summed E-state index contributed by atoms with van der Waals surface area (Å²) in [5.74, 6) is -0.871. The summed E-state index contributed by atoms with van der Waals surface area (Å²) in [6.07, 6.45) is 80.7. The highest BCUT2D eigenvalue weighted by molar-refractivity contribution is 5.71. The normalized spacial score (nSPS) is 12.5. The third-order valence-electron chi connectivity index (χ3n) is 14.0. The second kappa shape index (κ2) is 62.4. The summed E-state index contributed by atoms with van der Waals surface area (Å²) in [6, 6.07) is 0. The molecule has 0 saturated heterocycles. The standard InChI is InChI=1S/C68H120O6/c1-4-7-10-13-16-19-21-23-25-27-29-31-32-33-34-35-36-38-39-41-43-45-47-49-52-55-58-61-67(70)73-64-65(63-72-66(69)60-57-54-51-18-15-12-9-6-3)74-68(71)62-59-56-53-50-48-46-44-42-40-37-30-28-26-24-22-20-17-14-11-8-5-2/h7,10,16,19,23,25,29,31,33-34,36,38,65H,4-6,8-9,11-15,17-18,20-22,24,26-28,30,32,35,37,39-64H2,1-3H3/b10-7-,19-16-,25-23-,31-29-,34-33-,38-36-. The molecule has 0 bridgehead atoms. The summed E-state index contributed by atoms with van der Waals surface area (Å²) < 4.78 is 16.9. The molecule has 0 aromatic heterocycles. The van der Waals surface area contributed by atoms with Crippen LogP contribution in [0.25, 0.3) is 0 Å². The minimum absolute atomic E-state index is 0.0738. The van der Waals surface area contributed by atoms with E-state index < -0.39 is 6.10 Å². The molecule has 0 aliphatic heterocycles. The van der Waals surface area contributed by atoms with Gasteiger partial charge in [-0.25, -0.2) is 0 Å². The third-order valence-corrected chi connectivity index (χ3v) is 14.0. The SMILES string of the molecule is CC/C=C\C/C=C\C/C=C\C/C=C\C/C=C\C/C=C\CCCCCCCCCCC(=O)OCC(COC(=O)CCCCCCCCCC)OC(=O)CCCCCCCCCCCCCCCCCCCCCCC. The van der Waals surface area contributed by atoms with E-state index in [1.807, 2.05) is 0 Å². The van der Waals surface area contributed by atoms with Crippen molar-refractivity contribution in [2.75, 3.05) is 13.2 Å². The van der Waals surface area contributed by atoms with Crippen molar-refractivity contribution in [1.29, 1.82) is 0 Å². The highest BCUT2D eigenvalue weighted by Gasteiger charge is 2.19. The van der Waals surface area contributed by atoms with Crippen LogP contribution in [-0.4, -0.2) is 37.2 Å². The van der Waals surface area contributed by atoms with Crippen molar-refractivity contribution in [2.24, 2.45) is 0 Å². The lowest BCUT2D eigenvalue weighted by Gasteiger charge is -2.18. The zero-order chi connectivity index (χ0) is 53.6. The van der Waals surface area contributed by atoms with Gasteiger partial charge in [0.2, 0.25) is 0 Å². The molecule has 1 unspecified atom stereocenters. The van der Waals surface area contributed by atoms with Crippen molar-refractivity contribution in [3.8, 4) is 0 Å². The number of hydrogen-bond acceptors (Lipinski definition) is 6. The van der Waals surface area contributed by atoms with Crippen molar-refractivity contribution >= 4 is 17.9 Å². The molecule has 0 aliphatic rings. The van der Waals surface area contributed by atoms with Crippen molar-refractivity contribution < 1.29 is 28.6 Å². The van der Waals surface area contributed by atoms with E-state index in [0.717, 1.165) is 103 Å². The smallest absolute Gasteiger partial charge is 0.306 e. The Morgan fingerprint density at radius 2 is 0.527 bits per heavy atom. The largest absolute Gasteiger partial charge is 0.462 e. The molecular formula is C68H120O6. The topological polar surface area (TPSA) is 78.9 Å². The summed E-state index contributed by atoms with van der Waals surface area (Å²) in [6.45, 7) is 6.53. The molecule has 0 spiro atoms. The highest BCUT2D eigenvalue weighted by Crippen LogP contribution is 2.17. The fourth-order valence-corrected chi connectivity index (χ4v) is 9.21. The number of rotatable bonds is 58. The van der Waals surface area contributed by atoms with Crippen LogP contribution in [0.3, 0.4) is 0 Å². The van der Waals surface area contributed by atoms with E-state index >= 15 is 0 Å². The zero-order valence-electron chi connectivity index (χ0n) is 49.1. The summed E-state index contributed by atoms with van der Waals surface area (Å²) in [7, 11) is 0. The Morgan fingerprint density at radius 1 is 0.284 bits per heavy atom. The lowest BCUT2D eigenvalue weighted by atomic mass is 10.0. The van der Waals surface area contributed by atoms with Gasteiger partial charge >= 0.3 is 17.9 Å². The van der Waals surface area contributed by atoms with Crippen LogP contribution in [0.2, 0.25) is 0 Å². The molecule has 74 heavy (non-hydrogen) atoms. The Labute approximate surface area is 459 Å². The highest BCUT2D eigenvalue weighted by atomic mass is 16.6. The van der Waals surface area contributed by atoms with Gasteiger partial charge in [0.05, 0.1) is 0 Å². The van der Waals surface area contributed by atoms with Crippen LogP contribution in [0, 0.1) is 0 Å². The van der Waals surface area contributed by atoms with Crippen LogP contribution in [0.1, 0.15) is 323 Å². The van der Waals surface area contributed by atoms with Gasteiger partial charge < -0.3 is 14.2 Å². The maximum Gasteiger partial charge on any atom is 0.306 e. The molecule has 0 fully saturated rings. The Hall–Kier alpha value is -3.15. The Kier molecular flexibility index (Phi) is 59.7. The molecule has 0 aromatic carbocycles. The zero-order valence-corrected chi connectivity index (χ0v) is 49.1. The molecule has 0 radical (unpaired) electrons. The van der Waals surface area contributed by atoms with Gasteiger partial charge in [0.1, 0.15) is 13.2 Å². The second-order valence-corrected chi connectivity index (χ2v) is 21.3. The fraction of sp³-hybridized carbons (Fsp3) is 0.779. The molecule has 0 aromatic rings. The molecule has 0 amide bonds. The number of hydrogen-bond donors (Lipinski definition) is 0. The predicted octanol–water partition coefficient (Wildman–Crippen LogP) is 21.7.